The summed E-state index contributed by atoms with van der Waals surface area (Å²) in [4.78, 5) is 33.6. The molecule has 0 atom stereocenters. The Bertz CT molecular complexity index is 1290. The van der Waals surface area contributed by atoms with Gasteiger partial charge in [-0.25, -0.2) is 0 Å². The molecule has 0 saturated carbocycles. The van der Waals surface area contributed by atoms with Gasteiger partial charge < -0.3 is 5.32 Å². The molecule has 0 aliphatic carbocycles. The van der Waals surface area contributed by atoms with Gasteiger partial charge >= 0.3 is 0 Å². The van der Waals surface area contributed by atoms with Crippen LogP contribution in [0.25, 0.3) is 10.9 Å². The number of hydrogen-bond acceptors (Lipinski definition) is 5. The highest BCUT2D eigenvalue weighted by Gasteiger charge is 2.16. The van der Waals surface area contributed by atoms with Gasteiger partial charge in [-0.15, -0.1) is 24.8 Å². The van der Waals surface area contributed by atoms with Crippen LogP contribution in [-0.2, 0) is 11.2 Å². The van der Waals surface area contributed by atoms with Crippen LogP contribution in [-0.4, -0.2) is 21.8 Å². The van der Waals surface area contributed by atoms with Crippen LogP contribution in [0, 0.1) is 0 Å². The van der Waals surface area contributed by atoms with Crippen molar-refractivity contribution in [2.75, 3.05) is 10.7 Å². The number of benzene rings is 2. The van der Waals surface area contributed by atoms with Gasteiger partial charge in [0, 0.05) is 23.5 Å². The van der Waals surface area contributed by atoms with Crippen LogP contribution in [0.1, 0.15) is 16.1 Å². The molecule has 0 saturated heterocycles. The minimum Gasteiger partial charge on any atom is -0.320 e. The first-order valence-electron chi connectivity index (χ1n) is 9.61. The number of aromatic nitrogens is 2. The lowest BCUT2D eigenvalue weighted by molar-refractivity contribution is -0.120. The Morgan fingerprint density at radius 1 is 0.794 bits per heavy atom. The molecule has 176 valence electrons. The van der Waals surface area contributed by atoms with Gasteiger partial charge in [0.25, 0.3) is 5.91 Å². The molecule has 0 aliphatic rings. The van der Waals surface area contributed by atoms with E-state index in [-0.39, 0.29) is 52.8 Å². The van der Waals surface area contributed by atoms with Gasteiger partial charge in [0.15, 0.2) is 0 Å². The second-order valence-corrected chi connectivity index (χ2v) is 7.60. The maximum atomic E-state index is 12.8. The predicted molar refractivity (Wildman–Crippen MR) is 140 cm³/mol. The normalized spacial score (nSPS) is 9.94. The average molecular weight is 539 g/mol. The number of rotatable bonds is 6. The second-order valence-electron chi connectivity index (χ2n) is 6.78. The van der Waals surface area contributed by atoms with Crippen LogP contribution in [0.3, 0.4) is 0 Å². The summed E-state index contributed by atoms with van der Waals surface area (Å²) in [5, 5.41) is 4.02. The minimum atomic E-state index is -0.447. The molecule has 34 heavy (non-hydrogen) atoms. The lowest BCUT2D eigenvalue weighted by Crippen LogP contribution is -2.31. The van der Waals surface area contributed by atoms with Gasteiger partial charge in [0.05, 0.1) is 38.9 Å². The molecule has 2 aromatic carbocycles. The van der Waals surface area contributed by atoms with Crippen molar-refractivity contribution in [1.82, 2.24) is 15.4 Å². The maximum Gasteiger partial charge on any atom is 0.258 e. The Hall–Kier alpha value is -3.10. The molecule has 4 aromatic rings. The summed E-state index contributed by atoms with van der Waals surface area (Å²) in [6.45, 7) is 0. The number of carbonyl (C=O) groups is 2. The largest absolute Gasteiger partial charge is 0.320 e. The molecule has 3 N–H and O–H groups in total. The molecule has 2 aromatic heterocycles. The summed E-state index contributed by atoms with van der Waals surface area (Å²) in [6, 6.07) is 17.3. The number of para-hydroxylation sites is 1. The van der Waals surface area contributed by atoms with Crippen LogP contribution < -0.4 is 16.2 Å². The van der Waals surface area contributed by atoms with E-state index in [0.29, 0.717) is 28.0 Å². The number of hydrogen-bond donors (Lipinski definition) is 3. The molecule has 2 amide bonds. The number of carbonyl (C=O) groups excluding carboxylic acids is 2. The Kier molecular flexibility index (Phi) is 9.89. The lowest BCUT2D eigenvalue weighted by Gasteiger charge is -2.14. The Morgan fingerprint density at radius 3 is 2.24 bits per heavy atom. The van der Waals surface area contributed by atoms with Crippen molar-refractivity contribution < 1.29 is 9.59 Å². The molecular weight excluding hydrogens is 520 g/mol. The molecule has 4 rings (SSSR count). The summed E-state index contributed by atoms with van der Waals surface area (Å²) in [7, 11) is 0. The van der Waals surface area contributed by atoms with E-state index in [1.54, 1.807) is 60.9 Å². The highest BCUT2D eigenvalue weighted by Crippen LogP contribution is 2.29. The molecule has 0 aliphatic heterocycles. The number of pyridine rings is 2. The fraction of sp³-hybridized carbons (Fsp3) is 0.0435. The van der Waals surface area contributed by atoms with Crippen molar-refractivity contribution >= 4 is 82.1 Å². The third kappa shape index (κ3) is 6.27. The van der Waals surface area contributed by atoms with Crippen molar-refractivity contribution in [3.8, 4) is 0 Å². The predicted octanol–water partition coefficient (Wildman–Crippen LogP) is 5.72. The molecule has 0 unspecified atom stereocenters. The molecular formula is C23H19Cl4N5O2. The Labute approximate surface area is 218 Å². The molecule has 0 spiro atoms. The fourth-order valence-electron chi connectivity index (χ4n) is 3.13. The SMILES string of the molecule is Cl.Cl.O=C(Cc1ccccn1)NNc1ccnc2c(NC(=O)c3c(Cl)cccc3Cl)cccc12. The quantitative estimate of drug-likeness (QED) is 0.273. The number of fused-ring (bicyclic) bond motifs is 1. The van der Waals surface area contributed by atoms with Crippen molar-refractivity contribution in [3.63, 3.8) is 0 Å². The van der Waals surface area contributed by atoms with Gasteiger partial charge in [0.1, 0.15) is 0 Å². The molecule has 2 heterocycles. The molecule has 11 heteroatoms. The molecule has 7 nitrogen and oxygen atoms in total. The van der Waals surface area contributed by atoms with Crippen molar-refractivity contribution in [2.24, 2.45) is 0 Å². The zero-order valence-corrected chi connectivity index (χ0v) is 20.6. The van der Waals surface area contributed by atoms with E-state index in [4.69, 9.17) is 23.2 Å². The number of hydrazine groups is 1. The molecule has 0 fully saturated rings. The summed E-state index contributed by atoms with van der Waals surface area (Å²) in [5.41, 5.74) is 8.06. The van der Waals surface area contributed by atoms with Crippen molar-refractivity contribution in [1.29, 1.82) is 0 Å². The van der Waals surface area contributed by atoms with Crippen molar-refractivity contribution in [3.05, 3.63) is 94.4 Å². The first-order chi connectivity index (χ1) is 15.5. The smallest absolute Gasteiger partial charge is 0.258 e. The Morgan fingerprint density at radius 2 is 1.53 bits per heavy atom. The molecule has 0 bridgehead atoms. The van der Waals surface area contributed by atoms with Gasteiger partial charge in [-0.2, -0.15) is 0 Å². The first-order valence-corrected chi connectivity index (χ1v) is 10.4. The highest BCUT2D eigenvalue weighted by molar-refractivity contribution is 6.40. The van der Waals surface area contributed by atoms with Gasteiger partial charge in [0.2, 0.25) is 5.91 Å². The van der Waals surface area contributed by atoms with E-state index in [0.717, 1.165) is 0 Å². The van der Waals surface area contributed by atoms with Gasteiger partial charge in [-0.1, -0.05) is 47.5 Å². The van der Waals surface area contributed by atoms with Crippen LogP contribution in [0.15, 0.2) is 73.1 Å². The standard InChI is InChI=1S/C23H17Cl2N5O2.2ClH/c24-16-7-4-8-17(25)21(16)23(32)28-19-9-3-6-15-18(10-12-27-22(15)19)29-30-20(31)13-14-5-1-2-11-26-14;;/h1-12H,13H2,(H,27,29)(H,28,32)(H,30,31);2*1H. The van der Waals surface area contributed by atoms with E-state index in [2.05, 4.69) is 26.1 Å². The second kappa shape index (κ2) is 12.4. The summed E-state index contributed by atoms with van der Waals surface area (Å²) in [6.07, 6.45) is 3.35. The first kappa shape index (κ1) is 27.1. The maximum absolute atomic E-state index is 12.8. The van der Waals surface area contributed by atoms with E-state index in [9.17, 15) is 9.59 Å². The minimum absolute atomic E-state index is 0. The monoisotopic (exact) mass is 537 g/mol. The lowest BCUT2D eigenvalue weighted by atomic mass is 10.1. The summed E-state index contributed by atoms with van der Waals surface area (Å²) >= 11 is 12.3. The molecule has 0 radical (unpaired) electrons. The summed E-state index contributed by atoms with van der Waals surface area (Å²) < 4.78 is 0. The zero-order valence-electron chi connectivity index (χ0n) is 17.4. The van der Waals surface area contributed by atoms with Crippen LogP contribution in [0.2, 0.25) is 10.0 Å². The van der Waals surface area contributed by atoms with Crippen LogP contribution in [0.5, 0.6) is 0 Å². The van der Waals surface area contributed by atoms with E-state index >= 15 is 0 Å². The number of nitrogens with one attached hydrogen (secondary N) is 3. The van der Waals surface area contributed by atoms with Gasteiger partial charge in [-0.3, -0.25) is 30.4 Å². The van der Waals surface area contributed by atoms with E-state index in [1.165, 1.54) is 0 Å². The summed E-state index contributed by atoms with van der Waals surface area (Å²) in [5.74, 6) is -0.691. The highest BCUT2D eigenvalue weighted by atomic mass is 35.5. The number of anilines is 2. The van der Waals surface area contributed by atoms with Gasteiger partial charge in [-0.05, 0) is 36.4 Å². The number of amides is 2. The third-order valence-corrected chi connectivity index (χ3v) is 5.24. The van der Waals surface area contributed by atoms with Crippen LogP contribution >= 0.6 is 48.0 Å². The average Bonchev–Trinajstić information content (AvgIpc) is 2.78. The van der Waals surface area contributed by atoms with E-state index < -0.39 is 5.91 Å². The zero-order chi connectivity index (χ0) is 22.5. The topological polar surface area (TPSA) is 96.0 Å². The van der Waals surface area contributed by atoms with E-state index in [1.807, 2.05) is 12.1 Å². The fourth-order valence-corrected chi connectivity index (χ4v) is 3.70. The third-order valence-electron chi connectivity index (χ3n) is 4.61. The van der Waals surface area contributed by atoms with Crippen molar-refractivity contribution in [2.45, 2.75) is 6.42 Å². The van der Waals surface area contributed by atoms with Crippen LogP contribution in [0.4, 0.5) is 11.4 Å². The number of nitrogens with zero attached hydrogens (tertiary/aromatic N) is 2. The Balaban J connectivity index is 0.00000204. The number of halogens is 4.